The number of halogens is 3. The molecule has 1 aliphatic heterocycles. The van der Waals surface area contributed by atoms with Crippen LogP contribution in [-0.4, -0.2) is 37.4 Å². The summed E-state index contributed by atoms with van der Waals surface area (Å²) < 4.78 is 44.5. The van der Waals surface area contributed by atoms with Gasteiger partial charge >= 0.3 is 6.18 Å². The molecule has 136 valence electrons. The molecule has 1 atom stereocenters. The number of morpholine rings is 1. The third-order valence-corrected chi connectivity index (χ3v) is 5.66. The van der Waals surface area contributed by atoms with Crippen LogP contribution in [0.5, 0.6) is 0 Å². The first-order valence-electron chi connectivity index (χ1n) is 8.53. The highest BCUT2D eigenvalue weighted by Crippen LogP contribution is 2.38. The molecule has 1 unspecified atom stereocenters. The number of thiophene rings is 1. The molecule has 0 bridgehead atoms. The van der Waals surface area contributed by atoms with Crippen LogP contribution in [0.2, 0.25) is 0 Å². The van der Waals surface area contributed by atoms with E-state index in [0.717, 1.165) is 43.3 Å². The minimum atomic E-state index is -4.19. The lowest BCUT2D eigenvalue weighted by molar-refractivity contribution is -0.151. The number of ether oxygens (including phenoxy) is 1. The Balaban J connectivity index is 1.70. The smallest absolute Gasteiger partial charge is 0.379 e. The maximum atomic E-state index is 13.0. The van der Waals surface area contributed by atoms with E-state index in [1.165, 1.54) is 4.88 Å². The summed E-state index contributed by atoms with van der Waals surface area (Å²) in [4.78, 5) is 4.72. The lowest BCUT2D eigenvalue weighted by atomic mass is 9.95. The zero-order valence-electron chi connectivity index (χ0n) is 14.2. The predicted octanol–water partition coefficient (Wildman–Crippen LogP) is 5.30. The predicted molar refractivity (Wildman–Crippen MR) is 94.9 cm³/mol. The highest BCUT2D eigenvalue weighted by Gasteiger charge is 2.39. The van der Waals surface area contributed by atoms with Gasteiger partial charge in [-0.2, -0.15) is 13.2 Å². The van der Waals surface area contributed by atoms with Crippen molar-refractivity contribution in [2.45, 2.75) is 32.0 Å². The molecule has 0 radical (unpaired) electrons. The zero-order chi connectivity index (χ0) is 17.9. The van der Waals surface area contributed by atoms with Crippen LogP contribution in [0.25, 0.3) is 10.4 Å². The second-order valence-corrected chi connectivity index (χ2v) is 7.45. The van der Waals surface area contributed by atoms with Crippen molar-refractivity contribution in [3.05, 3.63) is 46.8 Å². The Morgan fingerprint density at radius 3 is 2.36 bits per heavy atom. The van der Waals surface area contributed by atoms with Gasteiger partial charge in [-0.15, -0.1) is 11.3 Å². The normalized spacial score (nSPS) is 17.6. The molecule has 2 nitrogen and oxygen atoms in total. The van der Waals surface area contributed by atoms with Crippen molar-refractivity contribution in [1.82, 2.24) is 4.90 Å². The maximum Gasteiger partial charge on any atom is 0.395 e. The molecule has 1 aromatic heterocycles. The summed E-state index contributed by atoms with van der Waals surface area (Å²) >= 11 is 1.70. The van der Waals surface area contributed by atoms with E-state index in [4.69, 9.17) is 4.74 Å². The Labute approximate surface area is 150 Å². The number of rotatable bonds is 5. The van der Waals surface area contributed by atoms with Crippen LogP contribution in [0.4, 0.5) is 13.2 Å². The number of nitrogens with zero attached hydrogens (tertiary/aromatic N) is 1. The fourth-order valence-corrected chi connectivity index (χ4v) is 4.19. The second-order valence-electron chi connectivity index (χ2n) is 6.28. The number of benzene rings is 1. The van der Waals surface area contributed by atoms with E-state index < -0.39 is 12.1 Å². The van der Waals surface area contributed by atoms with Crippen LogP contribution in [0.1, 0.15) is 29.7 Å². The molecule has 0 N–H and O–H groups in total. The van der Waals surface area contributed by atoms with Crippen LogP contribution < -0.4 is 0 Å². The van der Waals surface area contributed by atoms with Crippen molar-refractivity contribution in [1.29, 1.82) is 0 Å². The molecule has 3 rings (SSSR count). The Morgan fingerprint density at radius 1 is 1.08 bits per heavy atom. The number of hydrogen-bond donors (Lipinski definition) is 0. The Hall–Kier alpha value is -1.37. The molecule has 2 aromatic rings. The molecular formula is C19H22F3NOS. The van der Waals surface area contributed by atoms with Crippen LogP contribution in [0, 0.1) is 0 Å². The molecule has 25 heavy (non-hydrogen) atoms. The SMILES string of the molecule is CCC(c1ccc(-c2ccc(CN3CCOCC3)s2)cc1)C(F)(F)F. The quantitative estimate of drug-likeness (QED) is 0.709. The highest BCUT2D eigenvalue weighted by molar-refractivity contribution is 7.15. The second kappa shape index (κ2) is 7.89. The van der Waals surface area contributed by atoms with Crippen LogP contribution >= 0.6 is 11.3 Å². The molecule has 6 heteroatoms. The van der Waals surface area contributed by atoms with E-state index in [9.17, 15) is 13.2 Å². The minimum absolute atomic E-state index is 0.0611. The third-order valence-electron chi connectivity index (χ3n) is 4.55. The summed E-state index contributed by atoms with van der Waals surface area (Å²) in [6.07, 6.45) is -4.13. The van der Waals surface area contributed by atoms with E-state index in [1.807, 2.05) is 0 Å². The first-order chi connectivity index (χ1) is 12.0. The average molecular weight is 369 g/mol. The zero-order valence-corrected chi connectivity index (χ0v) is 15.0. The van der Waals surface area contributed by atoms with Gasteiger partial charge in [-0.05, 0) is 29.7 Å². The van der Waals surface area contributed by atoms with Crippen LogP contribution in [0.3, 0.4) is 0 Å². The fourth-order valence-electron chi connectivity index (χ4n) is 3.13. The Morgan fingerprint density at radius 2 is 1.76 bits per heavy atom. The molecule has 1 aromatic carbocycles. The first-order valence-corrected chi connectivity index (χ1v) is 9.35. The van der Waals surface area contributed by atoms with Gasteiger partial charge in [0.2, 0.25) is 0 Å². The fraction of sp³-hybridized carbons (Fsp3) is 0.474. The van der Waals surface area contributed by atoms with E-state index in [2.05, 4.69) is 17.0 Å². The van der Waals surface area contributed by atoms with Crippen molar-refractivity contribution in [3.63, 3.8) is 0 Å². The van der Waals surface area contributed by atoms with Gasteiger partial charge in [-0.1, -0.05) is 31.2 Å². The Kier molecular flexibility index (Phi) is 5.81. The summed E-state index contributed by atoms with van der Waals surface area (Å²) in [5, 5.41) is 0. The average Bonchev–Trinajstić information content (AvgIpc) is 3.04. The van der Waals surface area contributed by atoms with Crippen molar-refractivity contribution in [2.75, 3.05) is 26.3 Å². The van der Waals surface area contributed by atoms with E-state index in [-0.39, 0.29) is 6.42 Å². The van der Waals surface area contributed by atoms with Crippen molar-refractivity contribution >= 4 is 11.3 Å². The van der Waals surface area contributed by atoms with E-state index in [1.54, 1.807) is 42.5 Å². The molecule has 1 fully saturated rings. The van der Waals surface area contributed by atoms with E-state index >= 15 is 0 Å². The van der Waals surface area contributed by atoms with Gasteiger partial charge < -0.3 is 4.74 Å². The number of alkyl halides is 3. The van der Waals surface area contributed by atoms with E-state index in [0.29, 0.717) is 5.56 Å². The maximum absolute atomic E-state index is 13.0. The standard InChI is InChI=1S/C19H22F3NOS/c1-2-17(19(20,21)22)14-3-5-15(6-4-14)18-8-7-16(25-18)13-23-9-11-24-12-10-23/h3-8,17H,2,9-13H2,1H3. The Bertz CT molecular complexity index is 675. The molecule has 1 aliphatic rings. The van der Waals surface area contributed by atoms with Gasteiger partial charge in [0.1, 0.15) is 0 Å². The minimum Gasteiger partial charge on any atom is -0.379 e. The van der Waals surface area contributed by atoms with Crippen molar-refractivity contribution < 1.29 is 17.9 Å². The van der Waals surface area contributed by atoms with Crippen LogP contribution in [-0.2, 0) is 11.3 Å². The summed E-state index contributed by atoms with van der Waals surface area (Å²) in [7, 11) is 0. The van der Waals surface area contributed by atoms with Crippen molar-refractivity contribution in [3.8, 4) is 10.4 Å². The summed E-state index contributed by atoms with van der Waals surface area (Å²) in [5.74, 6) is -1.39. The largest absolute Gasteiger partial charge is 0.395 e. The van der Waals surface area contributed by atoms with Gasteiger partial charge in [0.25, 0.3) is 0 Å². The third kappa shape index (κ3) is 4.63. The topological polar surface area (TPSA) is 12.5 Å². The van der Waals surface area contributed by atoms with Gasteiger partial charge in [0, 0.05) is 29.4 Å². The summed E-state index contributed by atoms with van der Waals surface area (Å²) in [5.41, 5.74) is 1.31. The van der Waals surface area contributed by atoms with Gasteiger partial charge in [-0.3, -0.25) is 4.90 Å². The van der Waals surface area contributed by atoms with Crippen LogP contribution in [0.15, 0.2) is 36.4 Å². The highest BCUT2D eigenvalue weighted by atomic mass is 32.1. The molecule has 0 saturated carbocycles. The summed E-state index contributed by atoms with van der Waals surface area (Å²) in [6, 6.07) is 11.0. The molecular weight excluding hydrogens is 347 g/mol. The molecule has 0 amide bonds. The lowest BCUT2D eigenvalue weighted by Gasteiger charge is -2.25. The van der Waals surface area contributed by atoms with Gasteiger partial charge in [0.15, 0.2) is 0 Å². The van der Waals surface area contributed by atoms with Gasteiger partial charge in [0.05, 0.1) is 19.1 Å². The molecule has 0 spiro atoms. The number of hydrogen-bond acceptors (Lipinski definition) is 3. The summed E-state index contributed by atoms with van der Waals surface area (Å²) in [6.45, 7) is 5.91. The van der Waals surface area contributed by atoms with Gasteiger partial charge in [-0.25, -0.2) is 0 Å². The first kappa shape index (κ1) is 18.4. The lowest BCUT2D eigenvalue weighted by Crippen LogP contribution is -2.35. The molecule has 0 aliphatic carbocycles. The molecule has 2 heterocycles. The molecule has 1 saturated heterocycles. The monoisotopic (exact) mass is 369 g/mol. The van der Waals surface area contributed by atoms with Crippen molar-refractivity contribution in [2.24, 2.45) is 0 Å².